The molecule has 0 aromatic rings. The van der Waals surface area contributed by atoms with Gasteiger partial charge in [-0.1, -0.05) is 0 Å². The van der Waals surface area contributed by atoms with Gasteiger partial charge in [-0.15, -0.1) is 0 Å². The first kappa shape index (κ1) is 13.7. The van der Waals surface area contributed by atoms with Crippen molar-refractivity contribution < 1.29 is 21.6 Å². The maximum Gasteiger partial charge on any atom is 0.389 e. The maximum atomic E-state index is 11.8. The lowest BCUT2D eigenvalue weighted by atomic mass is 10.0. The van der Waals surface area contributed by atoms with E-state index >= 15 is 0 Å². The molecule has 0 aliphatic carbocycles. The second-order valence-electron chi connectivity index (χ2n) is 3.95. The van der Waals surface area contributed by atoms with Gasteiger partial charge in [0, 0.05) is 19.5 Å². The zero-order valence-electron chi connectivity index (χ0n) is 8.70. The molecular formula is C8H15F3N2O2S. The van der Waals surface area contributed by atoms with Gasteiger partial charge in [0.05, 0.1) is 5.75 Å². The Labute approximate surface area is 92.6 Å². The Hall–Kier alpha value is -0.340. The highest BCUT2D eigenvalue weighted by Crippen LogP contribution is 2.24. The summed E-state index contributed by atoms with van der Waals surface area (Å²) in [5, 5.41) is 0. The van der Waals surface area contributed by atoms with Crippen molar-refractivity contribution in [3.8, 4) is 0 Å². The lowest BCUT2D eigenvalue weighted by Gasteiger charge is -2.37. The van der Waals surface area contributed by atoms with Gasteiger partial charge in [-0.3, -0.25) is 0 Å². The molecule has 0 spiro atoms. The minimum absolute atomic E-state index is 0.150. The van der Waals surface area contributed by atoms with E-state index in [1.807, 2.05) is 0 Å². The second-order valence-corrected chi connectivity index (χ2v) is 6.04. The van der Waals surface area contributed by atoms with E-state index in [1.54, 1.807) is 0 Å². The summed E-state index contributed by atoms with van der Waals surface area (Å²) in [5.74, 6) is -0.290. The fraction of sp³-hybridized carbons (Fsp3) is 1.00. The molecule has 1 aliphatic heterocycles. The molecule has 0 radical (unpaired) electrons. The standard InChI is InChI=1S/C8H15F3N2O2S/c9-8(10,11)2-1-3-16(14,15)13-5-7(4-12)6-13/h7H,1-6,12H2. The molecule has 0 unspecified atom stereocenters. The highest BCUT2D eigenvalue weighted by molar-refractivity contribution is 7.89. The summed E-state index contributed by atoms with van der Waals surface area (Å²) in [7, 11) is -3.51. The van der Waals surface area contributed by atoms with Gasteiger partial charge < -0.3 is 5.73 Å². The summed E-state index contributed by atoms with van der Waals surface area (Å²) in [6, 6.07) is 0. The SMILES string of the molecule is NCC1CN(S(=O)(=O)CCCC(F)(F)F)C1. The average molecular weight is 260 g/mol. The molecule has 1 aliphatic rings. The van der Waals surface area contributed by atoms with E-state index in [4.69, 9.17) is 5.73 Å². The molecule has 0 aromatic heterocycles. The third-order valence-corrected chi connectivity index (χ3v) is 4.40. The fourth-order valence-electron chi connectivity index (χ4n) is 1.48. The van der Waals surface area contributed by atoms with Gasteiger partial charge >= 0.3 is 6.18 Å². The number of sulfonamides is 1. The Morgan fingerprint density at radius 2 is 1.88 bits per heavy atom. The van der Waals surface area contributed by atoms with Crippen molar-refractivity contribution >= 4 is 10.0 Å². The van der Waals surface area contributed by atoms with Crippen LogP contribution in [0.15, 0.2) is 0 Å². The van der Waals surface area contributed by atoms with Gasteiger partial charge in [0.2, 0.25) is 10.0 Å². The lowest BCUT2D eigenvalue weighted by molar-refractivity contribution is -0.134. The molecule has 1 rings (SSSR count). The van der Waals surface area contributed by atoms with Crippen LogP contribution in [0.25, 0.3) is 0 Å². The van der Waals surface area contributed by atoms with Crippen LogP contribution in [-0.4, -0.2) is 44.3 Å². The summed E-state index contributed by atoms with van der Waals surface area (Å²) in [4.78, 5) is 0. The van der Waals surface area contributed by atoms with Crippen LogP contribution >= 0.6 is 0 Å². The van der Waals surface area contributed by atoms with Crippen LogP contribution in [0.1, 0.15) is 12.8 Å². The van der Waals surface area contributed by atoms with Crippen molar-refractivity contribution in [2.24, 2.45) is 11.7 Å². The number of halogens is 3. The van der Waals surface area contributed by atoms with E-state index in [-0.39, 0.29) is 12.3 Å². The number of nitrogens with two attached hydrogens (primary N) is 1. The predicted molar refractivity (Wildman–Crippen MR) is 53.2 cm³/mol. The Kier molecular flexibility index (Phi) is 4.19. The van der Waals surface area contributed by atoms with Gasteiger partial charge in [0.1, 0.15) is 0 Å². The zero-order valence-corrected chi connectivity index (χ0v) is 9.52. The number of rotatable bonds is 5. The zero-order chi connectivity index (χ0) is 12.4. The lowest BCUT2D eigenvalue weighted by Crippen LogP contribution is -2.53. The number of nitrogens with zero attached hydrogens (tertiary/aromatic N) is 1. The molecule has 16 heavy (non-hydrogen) atoms. The summed E-state index contributed by atoms with van der Waals surface area (Å²) >= 11 is 0. The van der Waals surface area contributed by atoms with Crippen molar-refractivity contribution in [3.05, 3.63) is 0 Å². The third-order valence-electron chi connectivity index (χ3n) is 2.51. The molecule has 1 fully saturated rings. The molecule has 0 atom stereocenters. The minimum atomic E-state index is -4.29. The summed E-state index contributed by atoms with van der Waals surface area (Å²) < 4.78 is 59.6. The van der Waals surface area contributed by atoms with Gasteiger partial charge in [0.25, 0.3) is 0 Å². The third kappa shape index (κ3) is 3.91. The monoisotopic (exact) mass is 260 g/mol. The van der Waals surface area contributed by atoms with Crippen LogP contribution in [0.4, 0.5) is 13.2 Å². The van der Waals surface area contributed by atoms with Crippen molar-refractivity contribution in [1.82, 2.24) is 4.31 Å². The molecule has 0 amide bonds. The molecule has 96 valence electrons. The maximum absolute atomic E-state index is 11.8. The van der Waals surface area contributed by atoms with Crippen molar-refractivity contribution in [1.29, 1.82) is 0 Å². The summed E-state index contributed by atoms with van der Waals surface area (Å²) in [5.41, 5.74) is 5.33. The molecule has 1 saturated heterocycles. The first-order valence-electron chi connectivity index (χ1n) is 4.99. The van der Waals surface area contributed by atoms with E-state index in [0.717, 1.165) is 0 Å². The normalized spacial score (nSPS) is 19.8. The van der Waals surface area contributed by atoms with Gasteiger partial charge in [-0.25, -0.2) is 12.7 Å². The molecular weight excluding hydrogens is 245 g/mol. The Morgan fingerprint density at radius 3 is 2.31 bits per heavy atom. The molecule has 2 N–H and O–H groups in total. The Morgan fingerprint density at radius 1 is 1.31 bits per heavy atom. The van der Waals surface area contributed by atoms with Crippen molar-refractivity contribution in [3.63, 3.8) is 0 Å². The van der Waals surface area contributed by atoms with E-state index < -0.39 is 28.4 Å². The quantitative estimate of drug-likeness (QED) is 0.785. The van der Waals surface area contributed by atoms with E-state index in [1.165, 1.54) is 4.31 Å². The van der Waals surface area contributed by atoms with Crippen LogP contribution in [-0.2, 0) is 10.0 Å². The Balaban J connectivity index is 2.31. The van der Waals surface area contributed by atoms with Crippen molar-refractivity contribution in [2.45, 2.75) is 19.0 Å². The summed E-state index contributed by atoms with van der Waals surface area (Å²) in [6.07, 6.45) is -5.72. The summed E-state index contributed by atoms with van der Waals surface area (Å²) in [6.45, 7) is 1.09. The molecule has 0 bridgehead atoms. The van der Waals surface area contributed by atoms with E-state index in [9.17, 15) is 21.6 Å². The first-order chi connectivity index (χ1) is 7.24. The molecule has 0 saturated carbocycles. The van der Waals surface area contributed by atoms with Crippen LogP contribution in [0.5, 0.6) is 0 Å². The van der Waals surface area contributed by atoms with Crippen molar-refractivity contribution in [2.75, 3.05) is 25.4 Å². The number of alkyl halides is 3. The minimum Gasteiger partial charge on any atom is -0.330 e. The number of hydrogen-bond acceptors (Lipinski definition) is 3. The van der Waals surface area contributed by atoms with E-state index in [2.05, 4.69) is 0 Å². The molecule has 0 aromatic carbocycles. The molecule has 4 nitrogen and oxygen atoms in total. The van der Waals surface area contributed by atoms with Gasteiger partial charge in [0.15, 0.2) is 0 Å². The predicted octanol–water partition coefficient (Wildman–Crippen LogP) is 0.549. The number of hydrogen-bond donors (Lipinski definition) is 1. The van der Waals surface area contributed by atoms with Crippen LogP contribution in [0, 0.1) is 5.92 Å². The van der Waals surface area contributed by atoms with Crippen LogP contribution in [0.2, 0.25) is 0 Å². The average Bonchev–Trinajstić information content (AvgIpc) is 1.97. The molecule has 8 heteroatoms. The van der Waals surface area contributed by atoms with Gasteiger partial charge in [-0.05, 0) is 18.9 Å². The first-order valence-corrected chi connectivity index (χ1v) is 6.60. The molecule has 1 heterocycles. The van der Waals surface area contributed by atoms with E-state index in [0.29, 0.717) is 19.6 Å². The largest absolute Gasteiger partial charge is 0.389 e. The van der Waals surface area contributed by atoms with Crippen LogP contribution in [0.3, 0.4) is 0 Å². The Bertz CT molecular complexity index is 323. The highest BCUT2D eigenvalue weighted by atomic mass is 32.2. The topological polar surface area (TPSA) is 63.4 Å². The highest BCUT2D eigenvalue weighted by Gasteiger charge is 2.35. The van der Waals surface area contributed by atoms with Gasteiger partial charge in [-0.2, -0.15) is 13.2 Å². The second kappa shape index (κ2) is 4.89. The smallest absolute Gasteiger partial charge is 0.330 e. The van der Waals surface area contributed by atoms with Crippen LogP contribution < -0.4 is 5.73 Å². The fourth-order valence-corrected chi connectivity index (χ4v) is 3.13.